The number of piperidine rings is 1. The van der Waals surface area contributed by atoms with Crippen molar-refractivity contribution in [3.8, 4) is 0 Å². The van der Waals surface area contributed by atoms with Gasteiger partial charge >= 0.3 is 15.5 Å². The summed E-state index contributed by atoms with van der Waals surface area (Å²) in [6.45, 7) is 0.186. The van der Waals surface area contributed by atoms with Gasteiger partial charge in [0.05, 0.1) is 0 Å². The molecule has 1 saturated heterocycles. The van der Waals surface area contributed by atoms with Gasteiger partial charge in [-0.25, -0.2) is 8.42 Å². The third-order valence-electron chi connectivity index (χ3n) is 4.79. The number of furan rings is 1. The number of halogens is 4. The van der Waals surface area contributed by atoms with Crippen molar-refractivity contribution in [3.63, 3.8) is 0 Å². The van der Waals surface area contributed by atoms with Crippen LogP contribution in [0.1, 0.15) is 18.6 Å². The maximum atomic E-state index is 12.6. The van der Waals surface area contributed by atoms with Crippen molar-refractivity contribution in [2.24, 2.45) is 4.99 Å². The molecule has 2 N–H and O–H groups in total. The Labute approximate surface area is 190 Å². The van der Waals surface area contributed by atoms with Crippen molar-refractivity contribution in [2.75, 3.05) is 26.7 Å². The first-order chi connectivity index (χ1) is 13.7. The number of hydrogen-bond donors (Lipinski definition) is 2. The molecule has 168 valence electrons. The minimum absolute atomic E-state index is 0. The molecule has 0 unspecified atom stereocenters. The molecule has 1 fully saturated rings. The number of alkyl halides is 3. The minimum atomic E-state index is -5.26. The zero-order valence-electron chi connectivity index (χ0n) is 16.3. The van der Waals surface area contributed by atoms with Crippen LogP contribution in [-0.2, 0) is 16.4 Å². The maximum absolute atomic E-state index is 12.6. The summed E-state index contributed by atoms with van der Waals surface area (Å²) < 4.78 is 67.1. The summed E-state index contributed by atoms with van der Waals surface area (Å²) in [5.41, 5.74) is -4.44. The highest BCUT2D eigenvalue weighted by Crippen LogP contribution is 2.29. The van der Waals surface area contributed by atoms with Gasteiger partial charge in [0.2, 0.25) is 0 Å². The van der Waals surface area contributed by atoms with Crippen molar-refractivity contribution in [1.29, 1.82) is 0 Å². The van der Waals surface area contributed by atoms with Crippen molar-refractivity contribution < 1.29 is 26.0 Å². The molecule has 1 aromatic carbocycles. The Kier molecular flexibility index (Phi) is 8.39. The lowest BCUT2D eigenvalue weighted by Crippen LogP contribution is -2.51. The van der Waals surface area contributed by atoms with Crippen LogP contribution in [0.2, 0.25) is 0 Å². The molecule has 0 amide bonds. The number of aliphatic imine (C=N–C) groups is 1. The highest BCUT2D eigenvalue weighted by Gasteiger charge is 2.50. The van der Waals surface area contributed by atoms with Crippen LogP contribution in [0.15, 0.2) is 39.7 Å². The molecule has 3 rings (SSSR count). The van der Waals surface area contributed by atoms with E-state index in [-0.39, 0.29) is 55.9 Å². The van der Waals surface area contributed by atoms with Crippen molar-refractivity contribution in [3.05, 3.63) is 36.1 Å². The van der Waals surface area contributed by atoms with E-state index in [4.69, 9.17) is 4.42 Å². The van der Waals surface area contributed by atoms with Gasteiger partial charge in [0.25, 0.3) is 0 Å². The molecule has 0 aliphatic carbocycles. The third-order valence-corrected chi connectivity index (χ3v) is 6.42. The van der Waals surface area contributed by atoms with E-state index in [1.54, 1.807) is 7.05 Å². The number of nitrogens with one attached hydrogen (secondary N) is 2. The molecular weight excluding hydrogens is 536 g/mol. The average Bonchev–Trinajstić information content (AvgIpc) is 3.09. The van der Waals surface area contributed by atoms with E-state index in [9.17, 15) is 21.6 Å². The molecule has 1 aliphatic heterocycles. The highest BCUT2D eigenvalue weighted by atomic mass is 127. The molecule has 0 spiro atoms. The van der Waals surface area contributed by atoms with Gasteiger partial charge in [-0.05, 0) is 25.0 Å². The standard InChI is InChI=1S/C18H23F3N4O3S.HI/c1-22-17(23-9-6-15-12-13-4-2-3-5-16(13)28-15)24-14-7-10-25(11-8-14)29(26,27)18(19,20)21;/h2-5,12,14H,6-11H2,1H3,(H2,22,23,24);1H. The molecule has 7 nitrogen and oxygen atoms in total. The van der Waals surface area contributed by atoms with Gasteiger partial charge in [0.1, 0.15) is 11.3 Å². The Morgan fingerprint density at radius 1 is 1.27 bits per heavy atom. The highest BCUT2D eigenvalue weighted by molar-refractivity contribution is 14.0. The van der Waals surface area contributed by atoms with Crippen LogP contribution in [0.5, 0.6) is 0 Å². The Hall–Kier alpha value is -1.54. The second-order valence-electron chi connectivity index (χ2n) is 6.77. The molecule has 30 heavy (non-hydrogen) atoms. The number of rotatable bonds is 5. The molecule has 0 atom stereocenters. The maximum Gasteiger partial charge on any atom is 0.511 e. The molecule has 2 heterocycles. The van der Waals surface area contributed by atoms with Gasteiger partial charge in [-0.2, -0.15) is 17.5 Å². The Bertz CT molecular complexity index is 937. The summed E-state index contributed by atoms with van der Waals surface area (Å²) in [6.07, 6.45) is 1.16. The largest absolute Gasteiger partial charge is 0.511 e. The quantitative estimate of drug-likeness (QED) is 0.334. The number of fused-ring (bicyclic) bond motifs is 1. The van der Waals surface area contributed by atoms with Crippen molar-refractivity contribution in [1.82, 2.24) is 14.9 Å². The summed E-state index contributed by atoms with van der Waals surface area (Å²) in [5.74, 6) is 1.35. The van der Waals surface area contributed by atoms with Crippen LogP contribution >= 0.6 is 24.0 Å². The number of para-hydroxylation sites is 1. The van der Waals surface area contributed by atoms with Gasteiger partial charge in [-0.3, -0.25) is 4.99 Å². The molecule has 1 aliphatic rings. The molecule has 0 bridgehead atoms. The zero-order valence-corrected chi connectivity index (χ0v) is 19.4. The van der Waals surface area contributed by atoms with E-state index in [0.29, 0.717) is 23.2 Å². The van der Waals surface area contributed by atoms with Gasteiger partial charge in [0.15, 0.2) is 5.96 Å². The molecular formula is C18H24F3IN4O3S. The van der Waals surface area contributed by atoms with Crippen LogP contribution in [0.3, 0.4) is 0 Å². The summed E-state index contributed by atoms with van der Waals surface area (Å²) in [4.78, 5) is 4.12. The third kappa shape index (κ3) is 5.78. The van der Waals surface area contributed by atoms with Crippen LogP contribution < -0.4 is 10.6 Å². The Balaban J connectivity index is 0.00000320. The van der Waals surface area contributed by atoms with E-state index in [0.717, 1.165) is 16.7 Å². The second-order valence-corrected chi connectivity index (χ2v) is 8.70. The zero-order chi connectivity index (χ0) is 21.1. The first kappa shape index (κ1) is 24.7. The predicted molar refractivity (Wildman–Crippen MR) is 119 cm³/mol. The van der Waals surface area contributed by atoms with E-state index in [1.165, 1.54) is 0 Å². The SMILES string of the molecule is CN=C(NCCc1cc2ccccc2o1)NC1CCN(S(=O)(=O)C(F)(F)F)CC1.I. The fraction of sp³-hybridized carbons (Fsp3) is 0.500. The summed E-state index contributed by atoms with van der Waals surface area (Å²) in [7, 11) is -3.67. The van der Waals surface area contributed by atoms with Gasteiger partial charge < -0.3 is 15.1 Å². The van der Waals surface area contributed by atoms with Crippen LogP contribution in [-0.4, -0.2) is 56.9 Å². The smallest absolute Gasteiger partial charge is 0.461 e. The monoisotopic (exact) mass is 560 g/mol. The molecule has 1 aromatic heterocycles. The molecule has 0 saturated carbocycles. The van der Waals surface area contributed by atoms with Gasteiger partial charge in [-0.15, -0.1) is 24.0 Å². The summed E-state index contributed by atoms with van der Waals surface area (Å²) >= 11 is 0. The predicted octanol–water partition coefficient (Wildman–Crippen LogP) is 3.07. The first-order valence-electron chi connectivity index (χ1n) is 9.22. The lowest BCUT2D eigenvalue weighted by atomic mass is 10.1. The van der Waals surface area contributed by atoms with E-state index in [1.807, 2.05) is 30.3 Å². The fourth-order valence-corrected chi connectivity index (χ4v) is 4.22. The van der Waals surface area contributed by atoms with Gasteiger partial charge in [0, 0.05) is 44.5 Å². The van der Waals surface area contributed by atoms with E-state index < -0.39 is 15.5 Å². The lowest BCUT2D eigenvalue weighted by molar-refractivity contribution is -0.0494. The molecule has 12 heteroatoms. The van der Waals surface area contributed by atoms with Crippen molar-refractivity contribution >= 4 is 50.9 Å². The van der Waals surface area contributed by atoms with Crippen LogP contribution in [0.25, 0.3) is 11.0 Å². The molecule has 0 radical (unpaired) electrons. The van der Waals surface area contributed by atoms with E-state index in [2.05, 4.69) is 15.6 Å². The van der Waals surface area contributed by atoms with Crippen molar-refractivity contribution in [2.45, 2.75) is 30.8 Å². The fourth-order valence-electron chi connectivity index (χ4n) is 3.24. The number of sulfonamides is 1. The number of benzene rings is 1. The number of hydrogen-bond acceptors (Lipinski definition) is 4. The normalized spacial score (nSPS) is 17.0. The Morgan fingerprint density at radius 2 is 1.93 bits per heavy atom. The van der Waals surface area contributed by atoms with Crippen LogP contribution in [0.4, 0.5) is 13.2 Å². The minimum Gasteiger partial charge on any atom is -0.461 e. The number of guanidine groups is 1. The second kappa shape index (κ2) is 10.2. The topological polar surface area (TPSA) is 86.9 Å². The summed E-state index contributed by atoms with van der Waals surface area (Å²) in [6, 6.07) is 9.54. The Morgan fingerprint density at radius 3 is 2.53 bits per heavy atom. The first-order valence-corrected chi connectivity index (χ1v) is 10.7. The summed E-state index contributed by atoms with van der Waals surface area (Å²) in [5, 5.41) is 7.31. The van der Waals surface area contributed by atoms with E-state index >= 15 is 0 Å². The van der Waals surface area contributed by atoms with Crippen LogP contribution in [0, 0.1) is 0 Å². The van der Waals surface area contributed by atoms with Gasteiger partial charge in [-0.1, -0.05) is 18.2 Å². The molecule has 2 aromatic rings. The average molecular weight is 560 g/mol. The lowest BCUT2D eigenvalue weighted by Gasteiger charge is -2.32. The number of nitrogens with zero attached hydrogens (tertiary/aromatic N) is 2.